The van der Waals surface area contributed by atoms with Crippen LogP contribution in [-0.4, -0.2) is 18.6 Å². The van der Waals surface area contributed by atoms with Gasteiger partial charge in [0.25, 0.3) is 0 Å². The topological polar surface area (TPSA) is 29.3 Å². The summed E-state index contributed by atoms with van der Waals surface area (Å²) < 4.78 is 0. The first-order valence-electron chi connectivity index (χ1n) is 5.65. The van der Waals surface area contributed by atoms with E-state index in [1.54, 1.807) is 0 Å². The minimum atomic E-state index is 0.185. The number of hydrogen-bond donors (Lipinski definition) is 1. The Bertz CT molecular complexity index is 307. The molecule has 0 fully saturated rings. The van der Waals surface area contributed by atoms with Crippen LogP contribution < -0.4 is 10.6 Å². The maximum atomic E-state index is 5.96. The van der Waals surface area contributed by atoms with Crippen LogP contribution >= 0.6 is 0 Å². The van der Waals surface area contributed by atoms with Crippen LogP contribution in [0.3, 0.4) is 0 Å². The number of aryl methyl sites for hydroxylation is 1. The summed E-state index contributed by atoms with van der Waals surface area (Å²) in [7, 11) is 0. The van der Waals surface area contributed by atoms with Crippen molar-refractivity contribution in [3.05, 3.63) is 29.8 Å². The third kappa shape index (κ3) is 2.72. The molecule has 0 spiro atoms. The van der Waals surface area contributed by atoms with Gasteiger partial charge in [0.05, 0.1) is 0 Å². The number of para-hydroxylation sites is 1. The van der Waals surface area contributed by atoms with E-state index < -0.39 is 0 Å². The van der Waals surface area contributed by atoms with Crippen LogP contribution in [0.1, 0.15) is 26.3 Å². The Morgan fingerprint density at radius 3 is 2.33 bits per heavy atom. The van der Waals surface area contributed by atoms with Gasteiger partial charge in [-0.05, 0) is 39.3 Å². The van der Waals surface area contributed by atoms with Crippen LogP contribution in [0.2, 0.25) is 0 Å². The van der Waals surface area contributed by atoms with Crippen LogP contribution in [0.5, 0.6) is 0 Å². The molecule has 0 saturated heterocycles. The van der Waals surface area contributed by atoms with E-state index in [9.17, 15) is 0 Å². The van der Waals surface area contributed by atoms with E-state index in [0.717, 1.165) is 6.54 Å². The zero-order valence-corrected chi connectivity index (χ0v) is 10.2. The van der Waals surface area contributed by atoms with Gasteiger partial charge in [-0.15, -0.1) is 0 Å². The predicted molar refractivity (Wildman–Crippen MR) is 67.3 cm³/mol. The van der Waals surface area contributed by atoms with Crippen molar-refractivity contribution in [2.75, 3.05) is 11.4 Å². The molecule has 0 saturated carbocycles. The van der Waals surface area contributed by atoms with Gasteiger partial charge in [-0.25, -0.2) is 0 Å². The van der Waals surface area contributed by atoms with E-state index in [-0.39, 0.29) is 6.04 Å². The Labute approximate surface area is 93.1 Å². The molecule has 2 atom stereocenters. The van der Waals surface area contributed by atoms with E-state index in [1.807, 2.05) is 0 Å². The summed E-state index contributed by atoms with van der Waals surface area (Å²) in [5.41, 5.74) is 8.57. The van der Waals surface area contributed by atoms with Crippen molar-refractivity contribution >= 4 is 5.69 Å². The van der Waals surface area contributed by atoms with Crippen molar-refractivity contribution in [3.8, 4) is 0 Å². The van der Waals surface area contributed by atoms with Crippen LogP contribution in [0.25, 0.3) is 0 Å². The Hall–Kier alpha value is -1.02. The van der Waals surface area contributed by atoms with Crippen molar-refractivity contribution < 1.29 is 0 Å². The lowest BCUT2D eigenvalue weighted by molar-refractivity contribution is 0.551. The summed E-state index contributed by atoms with van der Waals surface area (Å²) in [6.45, 7) is 9.55. The Morgan fingerprint density at radius 1 is 1.27 bits per heavy atom. The second kappa shape index (κ2) is 5.17. The third-order valence-electron chi connectivity index (χ3n) is 3.02. The summed E-state index contributed by atoms with van der Waals surface area (Å²) in [4.78, 5) is 2.36. The first kappa shape index (κ1) is 12.1. The number of nitrogens with two attached hydrogens (primary N) is 1. The summed E-state index contributed by atoms with van der Waals surface area (Å²) in [6.07, 6.45) is 0. The molecule has 0 heterocycles. The molecule has 2 nitrogen and oxygen atoms in total. The zero-order valence-electron chi connectivity index (χ0n) is 10.2. The Kier molecular flexibility index (Phi) is 4.15. The van der Waals surface area contributed by atoms with Crippen LogP contribution in [0.15, 0.2) is 24.3 Å². The van der Waals surface area contributed by atoms with Crippen molar-refractivity contribution in [2.24, 2.45) is 5.73 Å². The molecule has 1 rings (SSSR count). The predicted octanol–water partition coefficient (Wildman–Crippen LogP) is 2.56. The smallest absolute Gasteiger partial charge is 0.0410 e. The average Bonchev–Trinajstić information content (AvgIpc) is 2.21. The molecule has 0 aliphatic heterocycles. The Balaban J connectivity index is 2.97. The molecule has 2 unspecified atom stereocenters. The molecular weight excluding hydrogens is 184 g/mol. The van der Waals surface area contributed by atoms with Gasteiger partial charge in [0, 0.05) is 24.3 Å². The second-order valence-corrected chi connectivity index (χ2v) is 4.17. The molecule has 2 N–H and O–H groups in total. The highest BCUT2D eigenvalue weighted by molar-refractivity contribution is 5.53. The van der Waals surface area contributed by atoms with E-state index in [0.29, 0.717) is 6.04 Å². The van der Waals surface area contributed by atoms with Crippen molar-refractivity contribution in [2.45, 2.75) is 39.8 Å². The zero-order chi connectivity index (χ0) is 11.4. The number of rotatable bonds is 4. The number of anilines is 1. The maximum absolute atomic E-state index is 5.96. The average molecular weight is 206 g/mol. The first-order valence-corrected chi connectivity index (χ1v) is 5.65. The SMILES string of the molecule is CCN(c1ccccc1C)C(C)C(C)N. The lowest BCUT2D eigenvalue weighted by Gasteiger charge is -2.33. The van der Waals surface area contributed by atoms with Gasteiger partial charge in [0.2, 0.25) is 0 Å². The van der Waals surface area contributed by atoms with Gasteiger partial charge >= 0.3 is 0 Å². The van der Waals surface area contributed by atoms with Crippen LogP contribution in [-0.2, 0) is 0 Å². The lowest BCUT2D eigenvalue weighted by atomic mass is 10.1. The second-order valence-electron chi connectivity index (χ2n) is 4.17. The van der Waals surface area contributed by atoms with E-state index in [1.165, 1.54) is 11.3 Å². The van der Waals surface area contributed by atoms with Crippen molar-refractivity contribution in [1.29, 1.82) is 0 Å². The molecule has 84 valence electrons. The van der Waals surface area contributed by atoms with Gasteiger partial charge in [-0.3, -0.25) is 0 Å². The summed E-state index contributed by atoms with van der Waals surface area (Å²) in [5.74, 6) is 0. The first-order chi connectivity index (χ1) is 7.07. The fourth-order valence-electron chi connectivity index (χ4n) is 1.85. The lowest BCUT2D eigenvalue weighted by Crippen LogP contribution is -2.44. The van der Waals surface area contributed by atoms with Crippen molar-refractivity contribution in [3.63, 3.8) is 0 Å². The number of likely N-dealkylation sites (N-methyl/N-ethyl adjacent to an activating group) is 1. The summed E-state index contributed by atoms with van der Waals surface area (Å²) in [5, 5.41) is 0. The maximum Gasteiger partial charge on any atom is 0.0410 e. The monoisotopic (exact) mass is 206 g/mol. The standard InChI is InChI=1S/C13H22N2/c1-5-15(12(4)11(3)14)13-9-7-6-8-10(13)2/h6-9,11-12H,5,14H2,1-4H3. The van der Waals surface area contributed by atoms with Gasteiger partial charge < -0.3 is 10.6 Å². The highest BCUT2D eigenvalue weighted by Crippen LogP contribution is 2.22. The molecule has 0 radical (unpaired) electrons. The van der Waals surface area contributed by atoms with E-state index in [4.69, 9.17) is 5.73 Å². The van der Waals surface area contributed by atoms with Gasteiger partial charge in [-0.2, -0.15) is 0 Å². The summed E-state index contributed by atoms with van der Waals surface area (Å²) in [6, 6.07) is 9.02. The van der Waals surface area contributed by atoms with E-state index >= 15 is 0 Å². The molecule has 0 bridgehead atoms. The third-order valence-corrected chi connectivity index (χ3v) is 3.02. The summed E-state index contributed by atoms with van der Waals surface area (Å²) >= 11 is 0. The number of hydrogen-bond acceptors (Lipinski definition) is 2. The van der Waals surface area contributed by atoms with E-state index in [2.05, 4.69) is 56.9 Å². The van der Waals surface area contributed by atoms with Crippen molar-refractivity contribution in [1.82, 2.24) is 0 Å². The fraction of sp³-hybridized carbons (Fsp3) is 0.538. The molecule has 15 heavy (non-hydrogen) atoms. The van der Waals surface area contributed by atoms with Gasteiger partial charge in [-0.1, -0.05) is 18.2 Å². The number of nitrogens with zero attached hydrogens (tertiary/aromatic N) is 1. The molecular formula is C13H22N2. The molecule has 0 aliphatic rings. The minimum Gasteiger partial charge on any atom is -0.367 e. The van der Waals surface area contributed by atoms with Crippen LogP contribution in [0, 0.1) is 6.92 Å². The Morgan fingerprint density at radius 2 is 1.87 bits per heavy atom. The van der Waals surface area contributed by atoms with Gasteiger partial charge in [0.1, 0.15) is 0 Å². The number of benzene rings is 1. The van der Waals surface area contributed by atoms with Gasteiger partial charge in [0.15, 0.2) is 0 Å². The quantitative estimate of drug-likeness (QED) is 0.820. The molecule has 1 aromatic carbocycles. The molecule has 1 aromatic rings. The highest BCUT2D eigenvalue weighted by Gasteiger charge is 2.17. The normalized spacial score (nSPS) is 14.7. The molecule has 0 aliphatic carbocycles. The fourth-order valence-corrected chi connectivity index (χ4v) is 1.85. The highest BCUT2D eigenvalue weighted by atomic mass is 15.2. The molecule has 0 amide bonds. The van der Waals surface area contributed by atoms with Crippen LogP contribution in [0.4, 0.5) is 5.69 Å². The molecule has 2 heteroatoms. The molecule has 0 aromatic heterocycles. The largest absolute Gasteiger partial charge is 0.367 e. The minimum absolute atomic E-state index is 0.185.